The minimum atomic E-state index is -0.589. The summed E-state index contributed by atoms with van der Waals surface area (Å²) in [6.45, 7) is 1.49. The number of nitrogens with one attached hydrogen (secondary N) is 2. The molecule has 2 N–H and O–H groups in total. The summed E-state index contributed by atoms with van der Waals surface area (Å²) >= 11 is 0. The van der Waals surface area contributed by atoms with Gasteiger partial charge in [0.05, 0.1) is 19.1 Å². The fraction of sp³-hybridized carbons (Fsp3) is 0.529. The molecule has 25 heavy (non-hydrogen) atoms. The maximum absolute atomic E-state index is 12.1. The lowest BCUT2D eigenvalue weighted by atomic mass is 10.2. The van der Waals surface area contributed by atoms with Crippen molar-refractivity contribution in [3.05, 3.63) is 35.9 Å². The van der Waals surface area contributed by atoms with Gasteiger partial charge in [-0.25, -0.2) is 0 Å². The Bertz CT molecular complexity index is 503. The lowest BCUT2D eigenvalue weighted by Crippen LogP contribution is -2.44. The van der Waals surface area contributed by atoms with Gasteiger partial charge in [0.1, 0.15) is 6.61 Å². The third-order valence-electron chi connectivity index (χ3n) is 3.22. The number of rotatable bonds is 13. The predicted octanol–water partition coefficient (Wildman–Crippen LogP) is 1.85. The van der Waals surface area contributed by atoms with Gasteiger partial charge in [0.15, 0.2) is 0 Å². The van der Waals surface area contributed by atoms with Crippen LogP contribution in [0.1, 0.15) is 12.0 Å². The smallest absolute Gasteiger partial charge is 0.308 e. The van der Waals surface area contributed by atoms with Crippen LogP contribution < -0.4 is 10.6 Å². The fourth-order valence-corrected chi connectivity index (χ4v) is 3.68. The molecule has 0 radical (unpaired) electrons. The summed E-state index contributed by atoms with van der Waals surface area (Å²) < 4.78 is 10.2. The van der Waals surface area contributed by atoms with Crippen molar-refractivity contribution in [1.29, 1.82) is 0 Å². The number of carbonyl (C=O) groups is 2. The highest BCUT2D eigenvalue weighted by molar-refractivity contribution is 8.76. The molecule has 0 spiro atoms. The second kappa shape index (κ2) is 14.0. The van der Waals surface area contributed by atoms with E-state index in [1.54, 1.807) is 35.7 Å². The quantitative estimate of drug-likeness (QED) is 0.304. The Kier molecular flexibility index (Phi) is 12.2. The first-order valence-corrected chi connectivity index (χ1v) is 10.5. The van der Waals surface area contributed by atoms with Crippen molar-refractivity contribution in [2.75, 3.05) is 38.8 Å². The maximum atomic E-state index is 12.1. The highest BCUT2D eigenvalue weighted by Gasteiger charge is 2.20. The van der Waals surface area contributed by atoms with Gasteiger partial charge in [-0.05, 0) is 12.6 Å². The van der Waals surface area contributed by atoms with Gasteiger partial charge in [-0.1, -0.05) is 51.9 Å². The highest BCUT2D eigenvalue weighted by Crippen LogP contribution is 2.19. The first-order chi connectivity index (χ1) is 12.2. The maximum Gasteiger partial charge on any atom is 0.308 e. The molecular weight excluding hydrogens is 360 g/mol. The molecule has 1 amide bonds. The van der Waals surface area contributed by atoms with E-state index in [2.05, 4.69) is 10.6 Å². The fourth-order valence-electron chi connectivity index (χ4n) is 1.86. The van der Waals surface area contributed by atoms with E-state index < -0.39 is 12.0 Å². The van der Waals surface area contributed by atoms with Crippen molar-refractivity contribution >= 4 is 33.5 Å². The molecular formula is C17H26N2O4S2. The molecule has 140 valence electrons. The zero-order chi connectivity index (χ0) is 18.3. The van der Waals surface area contributed by atoms with E-state index >= 15 is 0 Å². The molecule has 1 rings (SSSR count). The third-order valence-corrected chi connectivity index (χ3v) is 5.59. The number of hydrogen-bond acceptors (Lipinski definition) is 7. The number of amides is 1. The van der Waals surface area contributed by atoms with E-state index in [-0.39, 0.29) is 18.9 Å². The van der Waals surface area contributed by atoms with E-state index in [9.17, 15) is 9.59 Å². The number of likely N-dealkylation sites (N-methyl/N-ethyl adjacent to an activating group) is 1. The average Bonchev–Trinajstić information content (AvgIpc) is 2.64. The first-order valence-electron chi connectivity index (χ1n) is 8.05. The van der Waals surface area contributed by atoms with Crippen LogP contribution in [0, 0.1) is 0 Å². The lowest BCUT2D eigenvalue weighted by Gasteiger charge is -2.15. The summed E-state index contributed by atoms with van der Waals surface area (Å²) in [7, 11) is 6.73. The summed E-state index contributed by atoms with van der Waals surface area (Å²) in [6, 6.07) is 8.86. The summed E-state index contributed by atoms with van der Waals surface area (Å²) in [5.41, 5.74) is 0.921. The molecule has 1 aromatic carbocycles. The number of benzene rings is 1. The van der Waals surface area contributed by atoms with Crippen LogP contribution in [-0.4, -0.2) is 56.7 Å². The van der Waals surface area contributed by atoms with Crippen LogP contribution in [0.3, 0.4) is 0 Å². The first kappa shape index (κ1) is 21.8. The van der Waals surface area contributed by atoms with E-state index in [0.29, 0.717) is 6.54 Å². The van der Waals surface area contributed by atoms with E-state index in [1.807, 2.05) is 30.3 Å². The molecule has 1 unspecified atom stereocenters. The molecule has 0 aliphatic heterocycles. The second-order valence-corrected chi connectivity index (χ2v) is 7.82. The van der Waals surface area contributed by atoms with Gasteiger partial charge in [-0.15, -0.1) is 0 Å². The molecule has 0 aromatic heterocycles. The number of esters is 1. The summed E-state index contributed by atoms with van der Waals surface area (Å²) in [5, 5.41) is 5.69. The van der Waals surface area contributed by atoms with Crippen molar-refractivity contribution < 1.29 is 19.1 Å². The van der Waals surface area contributed by atoms with Crippen molar-refractivity contribution in [2.45, 2.75) is 19.1 Å². The normalized spacial score (nSPS) is 11.8. The van der Waals surface area contributed by atoms with Crippen LogP contribution in [0.5, 0.6) is 0 Å². The number of ether oxygens (including phenoxy) is 2. The standard InChI is InChI=1S/C17H26N2O4S2/c1-18-15(17(21)19-8-10-24-25-11-9-22-2)12-16(20)23-13-14-6-4-3-5-7-14/h3-7,15,18H,8-13H2,1-2H3,(H,19,21). The van der Waals surface area contributed by atoms with E-state index in [0.717, 1.165) is 23.7 Å². The Hall–Kier alpha value is -1.22. The van der Waals surface area contributed by atoms with E-state index in [4.69, 9.17) is 9.47 Å². The number of hydrogen-bond donors (Lipinski definition) is 2. The molecule has 0 aliphatic carbocycles. The van der Waals surface area contributed by atoms with Gasteiger partial charge in [-0.2, -0.15) is 0 Å². The minimum Gasteiger partial charge on any atom is -0.461 e. The van der Waals surface area contributed by atoms with Gasteiger partial charge in [0.25, 0.3) is 0 Å². The van der Waals surface area contributed by atoms with Crippen LogP contribution >= 0.6 is 21.6 Å². The Morgan fingerprint density at radius 1 is 1.16 bits per heavy atom. The Morgan fingerprint density at radius 3 is 2.56 bits per heavy atom. The van der Waals surface area contributed by atoms with Crippen molar-refractivity contribution in [3.63, 3.8) is 0 Å². The number of carbonyl (C=O) groups excluding carboxylic acids is 2. The molecule has 0 saturated heterocycles. The molecule has 1 aromatic rings. The minimum absolute atomic E-state index is 0.00486. The van der Waals surface area contributed by atoms with Gasteiger partial charge in [-0.3, -0.25) is 9.59 Å². The van der Waals surface area contributed by atoms with Crippen LogP contribution in [-0.2, 0) is 25.7 Å². The van der Waals surface area contributed by atoms with Crippen LogP contribution in [0.25, 0.3) is 0 Å². The van der Waals surface area contributed by atoms with Gasteiger partial charge in [0.2, 0.25) is 5.91 Å². The Labute approximate surface area is 157 Å². The molecule has 0 heterocycles. The molecule has 0 fully saturated rings. The van der Waals surface area contributed by atoms with Gasteiger partial charge < -0.3 is 20.1 Å². The topological polar surface area (TPSA) is 76.7 Å². The predicted molar refractivity (Wildman–Crippen MR) is 104 cm³/mol. The lowest BCUT2D eigenvalue weighted by molar-refractivity contribution is -0.147. The second-order valence-electron chi connectivity index (χ2n) is 5.12. The molecule has 0 aliphatic rings. The van der Waals surface area contributed by atoms with Crippen LogP contribution in [0.15, 0.2) is 30.3 Å². The molecule has 6 nitrogen and oxygen atoms in total. The van der Waals surface area contributed by atoms with Crippen molar-refractivity contribution in [3.8, 4) is 0 Å². The van der Waals surface area contributed by atoms with Crippen molar-refractivity contribution in [1.82, 2.24) is 10.6 Å². The SMILES string of the molecule is CNC(CC(=O)OCc1ccccc1)C(=O)NCCSSCCOC. The summed E-state index contributed by atoms with van der Waals surface area (Å²) in [4.78, 5) is 24.0. The average molecular weight is 387 g/mol. The summed E-state index contributed by atoms with van der Waals surface area (Å²) in [5.74, 6) is 1.13. The summed E-state index contributed by atoms with van der Waals surface area (Å²) in [6.07, 6.45) is 0.00486. The number of methoxy groups -OCH3 is 1. The zero-order valence-electron chi connectivity index (χ0n) is 14.7. The molecule has 8 heteroatoms. The Balaban J connectivity index is 2.20. The zero-order valence-corrected chi connectivity index (χ0v) is 16.3. The van der Waals surface area contributed by atoms with Gasteiger partial charge >= 0.3 is 5.97 Å². The van der Waals surface area contributed by atoms with E-state index in [1.165, 1.54) is 0 Å². The molecule has 0 bridgehead atoms. The molecule has 1 atom stereocenters. The molecule has 0 saturated carbocycles. The van der Waals surface area contributed by atoms with Crippen molar-refractivity contribution in [2.24, 2.45) is 0 Å². The Morgan fingerprint density at radius 2 is 1.88 bits per heavy atom. The van der Waals surface area contributed by atoms with Gasteiger partial charge in [0, 0.05) is 25.2 Å². The van der Waals surface area contributed by atoms with Crippen LogP contribution in [0.4, 0.5) is 0 Å². The van der Waals surface area contributed by atoms with Crippen LogP contribution in [0.2, 0.25) is 0 Å². The largest absolute Gasteiger partial charge is 0.461 e. The monoisotopic (exact) mass is 386 g/mol. The third kappa shape index (κ3) is 10.4. The highest BCUT2D eigenvalue weighted by atomic mass is 33.1.